The van der Waals surface area contributed by atoms with Gasteiger partial charge >= 0.3 is 0 Å². The molecular formula is C13H20N2O. The van der Waals surface area contributed by atoms with Crippen molar-refractivity contribution >= 4 is 0 Å². The minimum Gasteiger partial charge on any atom is -0.396 e. The zero-order valence-electron chi connectivity index (χ0n) is 9.84. The van der Waals surface area contributed by atoms with Crippen LogP contribution in [0.25, 0.3) is 0 Å². The van der Waals surface area contributed by atoms with Crippen LogP contribution >= 0.6 is 0 Å². The van der Waals surface area contributed by atoms with Crippen molar-refractivity contribution in [3.63, 3.8) is 0 Å². The minimum atomic E-state index is 0.339. The van der Waals surface area contributed by atoms with Crippen molar-refractivity contribution < 1.29 is 5.11 Å². The van der Waals surface area contributed by atoms with E-state index in [4.69, 9.17) is 5.11 Å². The van der Waals surface area contributed by atoms with Gasteiger partial charge in [-0.3, -0.25) is 9.88 Å². The Morgan fingerprint density at radius 1 is 1.44 bits per heavy atom. The number of aliphatic hydroxyl groups is 1. The molecule has 0 unspecified atom stereocenters. The second-order valence-corrected chi connectivity index (χ2v) is 4.59. The van der Waals surface area contributed by atoms with Crippen LogP contribution < -0.4 is 0 Å². The molecule has 1 saturated heterocycles. The van der Waals surface area contributed by atoms with Crippen LogP contribution in [0, 0.1) is 5.92 Å². The third-order valence-corrected chi connectivity index (χ3v) is 3.57. The molecule has 2 rings (SSSR count). The SMILES string of the molecule is C[C@@H](c1ccccn1)N1CCC(CO)CC1. The maximum Gasteiger partial charge on any atom is 0.0572 e. The van der Waals surface area contributed by atoms with E-state index in [-0.39, 0.29) is 0 Å². The molecule has 1 atom stereocenters. The van der Waals surface area contributed by atoms with Crippen LogP contribution in [0.5, 0.6) is 0 Å². The number of aromatic nitrogens is 1. The molecule has 1 aromatic rings. The van der Waals surface area contributed by atoms with Crippen molar-refractivity contribution in [1.82, 2.24) is 9.88 Å². The number of pyridine rings is 1. The van der Waals surface area contributed by atoms with E-state index in [1.54, 1.807) is 0 Å². The first kappa shape index (κ1) is 11.6. The highest BCUT2D eigenvalue weighted by Gasteiger charge is 2.23. The lowest BCUT2D eigenvalue weighted by Gasteiger charge is -2.35. The number of piperidine rings is 1. The van der Waals surface area contributed by atoms with Crippen molar-refractivity contribution in [2.75, 3.05) is 19.7 Å². The first-order chi connectivity index (χ1) is 7.81. The van der Waals surface area contributed by atoms with Gasteiger partial charge < -0.3 is 5.11 Å². The van der Waals surface area contributed by atoms with E-state index in [9.17, 15) is 0 Å². The first-order valence-electron chi connectivity index (χ1n) is 6.07. The molecule has 88 valence electrons. The summed E-state index contributed by atoms with van der Waals surface area (Å²) in [5, 5.41) is 9.10. The van der Waals surface area contributed by atoms with Gasteiger partial charge in [-0.05, 0) is 50.9 Å². The summed E-state index contributed by atoms with van der Waals surface area (Å²) in [4.78, 5) is 6.85. The van der Waals surface area contributed by atoms with E-state index in [0.717, 1.165) is 31.6 Å². The fourth-order valence-corrected chi connectivity index (χ4v) is 2.33. The number of likely N-dealkylation sites (tertiary alicyclic amines) is 1. The summed E-state index contributed by atoms with van der Waals surface area (Å²) in [6.07, 6.45) is 4.06. The molecular weight excluding hydrogens is 200 g/mol. The molecule has 2 heterocycles. The van der Waals surface area contributed by atoms with Crippen LogP contribution in [0.4, 0.5) is 0 Å². The van der Waals surface area contributed by atoms with Crippen molar-refractivity contribution in [3.05, 3.63) is 30.1 Å². The first-order valence-corrected chi connectivity index (χ1v) is 6.07. The second kappa shape index (κ2) is 5.41. The Kier molecular flexibility index (Phi) is 3.91. The van der Waals surface area contributed by atoms with Gasteiger partial charge in [-0.1, -0.05) is 6.07 Å². The average molecular weight is 220 g/mol. The summed E-state index contributed by atoms with van der Waals surface area (Å²) in [6, 6.07) is 6.47. The monoisotopic (exact) mass is 220 g/mol. The molecule has 1 aromatic heterocycles. The van der Waals surface area contributed by atoms with Gasteiger partial charge in [0.15, 0.2) is 0 Å². The number of rotatable bonds is 3. The lowest BCUT2D eigenvalue weighted by molar-refractivity contribution is 0.105. The van der Waals surface area contributed by atoms with Gasteiger partial charge in [0.1, 0.15) is 0 Å². The van der Waals surface area contributed by atoms with Gasteiger partial charge in [-0.15, -0.1) is 0 Å². The van der Waals surface area contributed by atoms with Gasteiger partial charge in [0.05, 0.1) is 5.69 Å². The molecule has 16 heavy (non-hydrogen) atoms. The third kappa shape index (κ3) is 2.60. The van der Waals surface area contributed by atoms with Gasteiger partial charge in [-0.25, -0.2) is 0 Å². The molecule has 0 aromatic carbocycles. The second-order valence-electron chi connectivity index (χ2n) is 4.59. The van der Waals surface area contributed by atoms with E-state index >= 15 is 0 Å². The van der Waals surface area contributed by atoms with Crippen LogP contribution in [-0.4, -0.2) is 34.7 Å². The highest BCUT2D eigenvalue weighted by atomic mass is 16.3. The lowest BCUT2D eigenvalue weighted by Crippen LogP contribution is -2.36. The van der Waals surface area contributed by atoms with Crippen molar-refractivity contribution in [2.45, 2.75) is 25.8 Å². The number of hydrogen-bond donors (Lipinski definition) is 1. The summed E-state index contributed by atoms with van der Waals surface area (Å²) in [6.45, 7) is 4.69. The fourth-order valence-electron chi connectivity index (χ4n) is 2.33. The Hall–Kier alpha value is -0.930. The summed E-state index contributed by atoms with van der Waals surface area (Å²) in [5.41, 5.74) is 1.14. The van der Waals surface area contributed by atoms with Gasteiger partial charge in [0.25, 0.3) is 0 Å². The fraction of sp³-hybridized carbons (Fsp3) is 0.615. The van der Waals surface area contributed by atoms with E-state index in [1.165, 1.54) is 0 Å². The zero-order valence-corrected chi connectivity index (χ0v) is 9.84. The summed E-state index contributed by atoms with van der Waals surface area (Å²) >= 11 is 0. The molecule has 0 radical (unpaired) electrons. The summed E-state index contributed by atoms with van der Waals surface area (Å²) in [7, 11) is 0. The topological polar surface area (TPSA) is 36.4 Å². The molecule has 0 bridgehead atoms. The molecule has 0 amide bonds. The van der Waals surface area contributed by atoms with E-state index in [1.807, 2.05) is 18.3 Å². The van der Waals surface area contributed by atoms with Crippen molar-refractivity contribution in [3.8, 4) is 0 Å². The average Bonchev–Trinajstić information content (AvgIpc) is 2.39. The van der Waals surface area contributed by atoms with Crippen molar-refractivity contribution in [2.24, 2.45) is 5.92 Å². The maximum absolute atomic E-state index is 9.10. The zero-order chi connectivity index (χ0) is 11.4. The van der Waals surface area contributed by atoms with Crippen LogP contribution in [0.3, 0.4) is 0 Å². The molecule has 1 N–H and O–H groups in total. The minimum absolute atomic E-state index is 0.339. The highest BCUT2D eigenvalue weighted by Crippen LogP contribution is 2.24. The molecule has 3 nitrogen and oxygen atoms in total. The van der Waals surface area contributed by atoms with Crippen LogP contribution in [-0.2, 0) is 0 Å². The van der Waals surface area contributed by atoms with E-state index in [0.29, 0.717) is 18.6 Å². The largest absolute Gasteiger partial charge is 0.396 e. The Balaban J connectivity index is 1.94. The van der Waals surface area contributed by atoms with E-state index < -0.39 is 0 Å². The predicted octanol–water partition coefficient (Wildman–Crippen LogP) is 1.85. The van der Waals surface area contributed by atoms with Crippen LogP contribution in [0.2, 0.25) is 0 Å². The predicted molar refractivity (Wildman–Crippen MR) is 64.0 cm³/mol. The summed E-state index contributed by atoms with van der Waals surface area (Å²) < 4.78 is 0. The Morgan fingerprint density at radius 3 is 2.75 bits per heavy atom. The van der Waals surface area contributed by atoms with E-state index in [2.05, 4.69) is 22.9 Å². The Labute approximate surface area is 97.1 Å². The third-order valence-electron chi connectivity index (χ3n) is 3.57. The number of aliphatic hydroxyl groups excluding tert-OH is 1. The molecule has 1 aliphatic rings. The molecule has 1 fully saturated rings. The molecule has 0 spiro atoms. The van der Waals surface area contributed by atoms with Crippen LogP contribution in [0.1, 0.15) is 31.5 Å². The molecule has 3 heteroatoms. The van der Waals surface area contributed by atoms with Crippen LogP contribution in [0.15, 0.2) is 24.4 Å². The molecule has 0 aliphatic carbocycles. The number of nitrogens with zero attached hydrogens (tertiary/aromatic N) is 2. The number of hydrogen-bond acceptors (Lipinski definition) is 3. The normalized spacial score (nSPS) is 20.9. The van der Waals surface area contributed by atoms with Crippen molar-refractivity contribution in [1.29, 1.82) is 0 Å². The van der Waals surface area contributed by atoms with Gasteiger partial charge in [0.2, 0.25) is 0 Å². The molecule has 0 saturated carbocycles. The Bertz CT molecular complexity index is 307. The maximum atomic E-state index is 9.10. The standard InChI is InChI=1S/C13H20N2O/c1-11(13-4-2-3-7-14-13)15-8-5-12(10-16)6-9-15/h2-4,7,11-12,16H,5-6,8-10H2,1H3/t11-/m0/s1. The van der Waals surface area contributed by atoms with Gasteiger partial charge in [0, 0.05) is 18.8 Å². The summed E-state index contributed by atoms with van der Waals surface area (Å²) in [5.74, 6) is 0.507. The molecule has 1 aliphatic heterocycles. The Morgan fingerprint density at radius 2 is 2.19 bits per heavy atom. The quantitative estimate of drug-likeness (QED) is 0.844. The lowest BCUT2D eigenvalue weighted by atomic mass is 9.96. The highest BCUT2D eigenvalue weighted by molar-refractivity contribution is 5.08. The van der Waals surface area contributed by atoms with Gasteiger partial charge in [-0.2, -0.15) is 0 Å². The smallest absolute Gasteiger partial charge is 0.0572 e.